The van der Waals surface area contributed by atoms with E-state index < -0.39 is 0 Å². The highest BCUT2D eigenvalue weighted by Crippen LogP contribution is 1.98. The maximum Gasteiger partial charge on any atom is 0.269 e. The molecule has 1 aromatic heterocycles. The van der Waals surface area contributed by atoms with Gasteiger partial charge in [-0.1, -0.05) is 0 Å². The Bertz CT molecular complexity index is 443. The maximum atomic E-state index is 11.7. The topological polar surface area (TPSA) is 88.1 Å². The lowest BCUT2D eigenvalue weighted by Gasteiger charge is -2.07. The molecule has 100 valence electrons. The molecule has 0 fully saturated rings. The molecule has 0 aromatic carbocycles. The van der Waals surface area contributed by atoms with E-state index in [9.17, 15) is 9.59 Å². The van der Waals surface area contributed by atoms with Crippen LogP contribution in [0, 0.1) is 0 Å². The van der Waals surface area contributed by atoms with Gasteiger partial charge < -0.3 is 16.0 Å². The van der Waals surface area contributed by atoms with Gasteiger partial charge >= 0.3 is 0 Å². The summed E-state index contributed by atoms with van der Waals surface area (Å²) in [7, 11) is 1.85. The second kappa shape index (κ2) is 7.44. The fourth-order valence-electron chi connectivity index (χ4n) is 1.37. The van der Waals surface area contributed by atoms with Gasteiger partial charge in [0.1, 0.15) is 6.54 Å². The number of amides is 1. The summed E-state index contributed by atoms with van der Waals surface area (Å²) < 4.78 is 1.13. The molecule has 3 N–H and O–H groups in total. The van der Waals surface area contributed by atoms with Crippen molar-refractivity contribution in [3.63, 3.8) is 0 Å². The van der Waals surface area contributed by atoms with Crippen molar-refractivity contribution in [2.45, 2.75) is 13.5 Å². The van der Waals surface area contributed by atoms with Gasteiger partial charge in [-0.3, -0.25) is 9.59 Å². The van der Waals surface area contributed by atoms with Crippen LogP contribution in [0.15, 0.2) is 17.1 Å². The van der Waals surface area contributed by atoms with E-state index in [1.54, 1.807) is 0 Å². The molecule has 0 aliphatic carbocycles. The average Bonchev–Trinajstić information content (AvgIpc) is 2.33. The summed E-state index contributed by atoms with van der Waals surface area (Å²) in [6.45, 7) is 3.81. The third kappa shape index (κ3) is 4.54. The fourth-order valence-corrected chi connectivity index (χ4v) is 1.37. The largest absolute Gasteiger partial charge is 0.382 e. The monoisotopic (exact) mass is 253 g/mol. The van der Waals surface area contributed by atoms with E-state index in [1.807, 2.05) is 14.0 Å². The van der Waals surface area contributed by atoms with Crippen LogP contribution in [-0.4, -0.2) is 42.4 Å². The molecule has 1 aromatic rings. The molecule has 1 amide bonds. The summed E-state index contributed by atoms with van der Waals surface area (Å²) in [5, 5.41) is 12.6. The number of carbonyl (C=O) groups is 1. The molecule has 0 spiro atoms. The van der Waals surface area contributed by atoms with Crippen LogP contribution in [-0.2, 0) is 11.3 Å². The number of hydrogen-bond donors (Lipinski definition) is 3. The first-order valence-electron chi connectivity index (χ1n) is 5.89. The zero-order valence-corrected chi connectivity index (χ0v) is 10.7. The quantitative estimate of drug-likeness (QED) is 0.543. The summed E-state index contributed by atoms with van der Waals surface area (Å²) in [5.74, 6) is -0.219. The van der Waals surface area contributed by atoms with Crippen LogP contribution in [0.25, 0.3) is 0 Å². The number of likely N-dealkylation sites (N-methyl/N-ethyl adjacent to an activating group) is 2. The smallest absolute Gasteiger partial charge is 0.269 e. The molecular formula is C11H19N5O2. The van der Waals surface area contributed by atoms with Crippen molar-refractivity contribution < 1.29 is 4.79 Å². The SMILES string of the molecule is CCNC(=O)Cn1ncc(NCCNC)cc1=O. The lowest BCUT2D eigenvalue weighted by atomic mass is 10.4. The van der Waals surface area contributed by atoms with Crippen LogP contribution < -0.4 is 21.5 Å². The lowest BCUT2D eigenvalue weighted by molar-refractivity contribution is -0.121. The third-order valence-electron chi connectivity index (χ3n) is 2.24. The molecule has 1 rings (SSSR count). The van der Waals surface area contributed by atoms with Crippen molar-refractivity contribution in [3.8, 4) is 0 Å². The van der Waals surface area contributed by atoms with Crippen molar-refractivity contribution in [3.05, 3.63) is 22.6 Å². The molecule has 0 radical (unpaired) electrons. The van der Waals surface area contributed by atoms with Crippen LogP contribution in [0.3, 0.4) is 0 Å². The summed E-state index contributed by atoms with van der Waals surface area (Å²) in [6.07, 6.45) is 1.54. The molecule has 0 unspecified atom stereocenters. The Kier molecular flexibility index (Phi) is 5.86. The highest BCUT2D eigenvalue weighted by molar-refractivity contribution is 5.75. The van der Waals surface area contributed by atoms with E-state index in [1.165, 1.54) is 12.3 Å². The Hall–Kier alpha value is -1.89. The second-order valence-corrected chi connectivity index (χ2v) is 3.72. The van der Waals surface area contributed by atoms with Gasteiger partial charge in [0.05, 0.1) is 11.9 Å². The third-order valence-corrected chi connectivity index (χ3v) is 2.24. The summed E-state index contributed by atoms with van der Waals surface area (Å²) in [4.78, 5) is 23.0. The molecule has 0 saturated heterocycles. The van der Waals surface area contributed by atoms with E-state index in [0.717, 1.165) is 11.2 Å². The predicted octanol–water partition coefficient (Wildman–Crippen LogP) is -0.989. The first-order valence-corrected chi connectivity index (χ1v) is 5.89. The Morgan fingerprint density at radius 1 is 1.44 bits per heavy atom. The number of anilines is 1. The Morgan fingerprint density at radius 2 is 2.22 bits per heavy atom. The van der Waals surface area contributed by atoms with Crippen molar-refractivity contribution >= 4 is 11.6 Å². The molecule has 7 nitrogen and oxygen atoms in total. The molecule has 0 aliphatic rings. The Balaban J connectivity index is 2.62. The van der Waals surface area contributed by atoms with Crippen LogP contribution in [0.5, 0.6) is 0 Å². The normalized spacial score (nSPS) is 10.1. The van der Waals surface area contributed by atoms with E-state index in [4.69, 9.17) is 0 Å². The van der Waals surface area contributed by atoms with Gasteiger partial charge in [-0.25, -0.2) is 4.68 Å². The minimum absolute atomic E-state index is 0.0521. The molecule has 0 saturated carbocycles. The van der Waals surface area contributed by atoms with Gasteiger partial charge in [-0.2, -0.15) is 5.10 Å². The molecule has 0 bridgehead atoms. The highest BCUT2D eigenvalue weighted by Gasteiger charge is 2.04. The minimum atomic E-state index is -0.296. The maximum absolute atomic E-state index is 11.7. The van der Waals surface area contributed by atoms with Crippen LogP contribution in [0.1, 0.15) is 6.92 Å². The van der Waals surface area contributed by atoms with E-state index in [2.05, 4.69) is 21.0 Å². The molecule has 7 heteroatoms. The van der Waals surface area contributed by atoms with Crippen molar-refractivity contribution in [2.75, 3.05) is 32.0 Å². The van der Waals surface area contributed by atoms with Crippen LogP contribution >= 0.6 is 0 Å². The van der Waals surface area contributed by atoms with Crippen LogP contribution in [0.2, 0.25) is 0 Å². The number of rotatable bonds is 7. The van der Waals surface area contributed by atoms with Crippen molar-refractivity contribution in [1.82, 2.24) is 20.4 Å². The predicted molar refractivity (Wildman–Crippen MR) is 69.6 cm³/mol. The zero-order valence-electron chi connectivity index (χ0n) is 10.7. The van der Waals surface area contributed by atoms with E-state index in [0.29, 0.717) is 18.8 Å². The second-order valence-electron chi connectivity index (χ2n) is 3.72. The standard InChI is InChI=1S/C11H19N5O2/c1-3-13-10(17)8-16-11(18)6-9(7-15-16)14-5-4-12-2/h6-7,12,14H,3-5,8H2,1-2H3,(H,13,17). The molecular weight excluding hydrogens is 234 g/mol. The average molecular weight is 253 g/mol. The van der Waals surface area contributed by atoms with Gasteiger partial charge in [0.25, 0.3) is 5.56 Å². The first-order chi connectivity index (χ1) is 8.67. The van der Waals surface area contributed by atoms with Crippen LogP contribution in [0.4, 0.5) is 5.69 Å². The lowest BCUT2D eigenvalue weighted by Crippen LogP contribution is -2.33. The molecule has 0 atom stereocenters. The number of carbonyl (C=O) groups excluding carboxylic acids is 1. The highest BCUT2D eigenvalue weighted by atomic mass is 16.2. The Labute approximate surface area is 106 Å². The molecule has 1 heterocycles. The van der Waals surface area contributed by atoms with Gasteiger partial charge in [0.15, 0.2) is 0 Å². The molecule has 18 heavy (non-hydrogen) atoms. The fraction of sp³-hybridized carbons (Fsp3) is 0.545. The summed E-state index contributed by atoms with van der Waals surface area (Å²) in [5.41, 5.74) is 0.359. The summed E-state index contributed by atoms with van der Waals surface area (Å²) >= 11 is 0. The first kappa shape index (κ1) is 14.2. The Morgan fingerprint density at radius 3 is 2.83 bits per heavy atom. The minimum Gasteiger partial charge on any atom is -0.382 e. The summed E-state index contributed by atoms with van der Waals surface area (Å²) in [6, 6.07) is 1.43. The van der Waals surface area contributed by atoms with Gasteiger partial charge in [0, 0.05) is 25.7 Å². The zero-order chi connectivity index (χ0) is 13.4. The van der Waals surface area contributed by atoms with E-state index in [-0.39, 0.29) is 18.0 Å². The van der Waals surface area contributed by atoms with Crippen molar-refractivity contribution in [2.24, 2.45) is 0 Å². The number of hydrogen-bond acceptors (Lipinski definition) is 5. The van der Waals surface area contributed by atoms with Gasteiger partial charge in [0.2, 0.25) is 5.91 Å². The van der Waals surface area contributed by atoms with Gasteiger partial charge in [-0.15, -0.1) is 0 Å². The van der Waals surface area contributed by atoms with E-state index >= 15 is 0 Å². The van der Waals surface area contributed by atoms with Crippen molar-refractivity contribution in [1.29, 1.82) is 0 Å². The number of nitrogens with one attached hydrogen (secondary N) is 3. The number of nitrogens with zero attached hydrogens (tertiary/aromatic N) is 2. The van der Waals surface area contributed by atoms with Gasteiger partial charge in [-0.05, 0) is 14.0 Å². The molecule has 0 aliphatic heterocycles. The number of aromatic nitrogens is 2.